The largest absolute Gasteiger partial charge is 0.501 e. The van der Waals surface area contributed by atoms with Gasteiger partial charge in [0, 0.05) is 35.6 Å². The average Bonchev–Trinajstić information content (AvgIpc) is 2.94. The molecule has 2 aromatic carbocycles. The molecular formula is C19H14F6O4S. The lowest BCUT2D eigenvalue weighted by Crippen LogP contribution is -2.25. The highest BCUT2D eigenvalue weighted by atomic mass is 32.2. The van der Waals surface area contributed by atoms with Crippen LogP contribution in [0.4, 0.5) is 26.3 Å². The van der Waals surface area contributed by atoms with Gasteiger partial charge in [0.05, 0.1) is 11.5 Å². The van der Waals surface area contributed by atoms with E-state index in [9.17, 15) is 39.9 Å². The maximum Gasteiger partial charge on any atom is 0.501 e. The molecule has 4 nitrogen and oxygen atoms in total. The normalized spacial score (nSPS) is 23.6. The lowest BCUT2D eigenvalue weighted by molar-refractivity contribution is -0.0437. The summed E-state index contributed by atoms with van der Waals surface area (Å²) in [5, 5.41) is 10.1. The minimum absolute atomic E-state index is 0.0273. The molecule has 2 aliphatic rings. The SMILES string of the molecule is O=S(=O)(c1ccc(C2CCOc3cc(F)cc(F)c32)c2c1C(O)C(F)C2)C(F)(F)F. The monoisotopic (exact) mass is 452 g/mol. The summed E-state index contributed by atoms with van der Waals surface area (Å²) in [5.74, 6) is -2.78. The fourth-order valence-electron chi connectivity index (χ4n) is 4.15. The van der Waals surface area contributed by atoms with Gasteiger partial charge in [-0.3, -0.25) is 0 Å². The highest BCUT2D eigenvalue weighted by Gasteiger charge is 2.51. The van der Waals surface area contributed by atoms with Crippen molar-refractivity contribution in [3.8, 4) is 5.75 Å². The Kier molecular flexibility index (Phi) is 4.81. The van der Waals surface area contributed by atoms with Gasteiger partial charge in [-0.2, -0.15) is 13.2 Å². The molecule has 0 aromatic heterocycles. The van der Waals surface area contributed by atoms with Crippen molar-refractivity contribution in [3.05, 3.63) is 58.2 Å². The molecule has 0 bridgehead atoms. The third-order valence-corrected chi connectivity index (χ3v) is 6.97. The van der Waals surface area contributed by atoms with Crippen LogP contribution in [0.5, 0.6) is 5.75 Å². The predicted octanol–water partition coefficient (Wildman–Crippen LogP) is 4.10. The second kappa shape index (κ2) is 6.88. The zero-order valence-corrected chi connectivity index (χ0v) is 15.8. The molecule has 3 atom stereocenters. The summed E-state index contributed by atoms with van der Waals surface area (Å²) in [6.45, 7) is 0.0273. The van der Waals surface area contributed by atoms with Crippen molar-refractivity contribution in [2.24, 2.45) is 0 Å². The van der Waals surface area contributed by atoms with Gasteiger partial charge in [0.1, 0.15) is 29.7 Å². The topological polar surface area (TPSA) is 63.6 Å². The molecule has 1 heterocycles. The van der Waals surface area contributed by atoms with E-state index in [0.717, 1.165) is 12.1 Å². The molecule has 1 aliphatic carbocycles. The van der Waals surface area contributed by atoms with E-state index in [1.54, 1.807) is 0 Å². The van der Waals surface area contributed by atoms with Gasteiger partial charge >= 0.3 is 5.51 Å². The van der Waals surface area contributed by atoms with E-state index in [1.807, 2.05) is 0 Å². The van der Waals surface area contributed by atoms with Gasteiger partial charge < -0.3 is 9.84 Å². The number of halogens is 6. The maximum atomic E-state index is 14.5. The number of aliphatic hydroxyl groups excluding tert-OH is 1. The average molecular weight is 452 g/mol. The summed E-state index contributed by atoms with van der Waals surface area (Å²) in [5.41, 5.74) is -6.34. The van der Waals surface area contributed by atoms with E-state index >= 15 is 0 Å². The van der Waals surface area contributed by atoms with Gasteiger partial charge in [0.2, 0.25) is 0 Å². The van der Waals surface area contributed by atoms with Crippen molar-refractivity contribution in [2.75, 3.05) is 6.61 Å². The standard InChI is InChI=1S/C19H14F6O4S/c20-8-5-12(21)16-10(3-4-29-14(16)6-8)9-1-2-15(30(27,28)19(23,24)25)17-11(9)7-13(22)18(17)26/h1-2,5-6,10,13,18,26H,3-4,7H2. The molecule has 0 spiro atoms. The molecule has 0 amide bonds. The number of aliphatic hydroxyl groups is 1. The quantitative estimate of drug-likeness (QED) is 0.697. The van der Waals surface area contributed by atoms with E-state index in [1.165, 1.54) is 0 Å². The van der Waals surface area contributed by atoms with Crippen molar-refractivity contribution >= 4 is 9.84 Å². The van der Waals surface area contributed by atoms with Gasteiger partial charge in [-0.25, -0.2) is 21.6 Å². The lowest BCUT2D eigenvalue weighted by Gasteiger charge is -2.29. The number of ether oxygens (including phenoxy) is 1. The van der Waals surface area contributed by atoms with Crippen LogP contribution in [0.15, 0.2) is 29.2 Å². The Hall–Kier alpha value is -2.27. The van der Waals surface area contributed by atoms with Crippen molar-refractivity contribution in [1.29, 1.82) is 0 Å². The molecule has 11 heteroatoms. The van der Waals surface area contributed by atoms with Crippen molar-refractivity contribution in [3.63, 3.8) is 0 Å². The third kappa shape index (κ3) is 3.06. The first kappa shape index (κ1) is 21.0. The lowest BCUT2D eigenvalue weighted by atomic mass is 9.83. The first-order chi connectivity index (χ1) is 13.9. The van der Waals surface area contributed by atoms with Crippen LogP contribution in [-0.2, 0) is 16.3 Å². The van der Waals surface area contributed by atoms with Gasteiger partial charge in [-0.1, -0.05) is 6.07 Å². The van der Waals surface area contributed by atoms with E-state index in [-0.39, 0.29) is 35.5 Å². The van der Waals surface area contributed by atoms with E-state index in [2.05, 4.69) is 0 Å². The Morgan fingerprint density at radius 3 is 2.47 bits per heavy atom. The Labute approximate surface area is 167 Å². The van der Waals surface area contributed by atoms with Crippen LogP contribution in [0, 0.1) is 11.6 Å². The number of fused-ring (bicyclic) bond motifs is 2. The van der Waals surface area contributed by atoms with E-state index < -0.39 is 62.1 Å². The second-order valence-electron chi connectivity index (χ2n) is 7.15. The highest BCUT2D eigenvalue weighted by molar-refractivity contribution is 7.92. The van der Waals surface area contributed by atoms with Crippen LogP contribution in [-0.4, -0.2) is 31.8 Å². The summed E-state index contributed by atoms with van der Waals surface area (Å²) < 4.78 is 111. The smallest absolute Gasteiger partial charge is 0.493 e. The Morgan fingerprint density at radius 2 is 1.80 bits per heavy atom. The molecule has 4 rings (SSSR count). The fourth-order valence-corrected chi connectivity index (χ4v) is 5.18. The summed E-state index contributed by atoms with van der Waals surface area (Å²) in [7, 11) is -5.85. The number of hydrogen-bond donors (Lipinski definition) is 1. The van der Waals surface area contributed by atoms with Gasteiger partial charge in [0.25, 0.3) is 9.84 Å². The molecule has 0 radical (unpaired) electrons. The number of sulfone groups is 1. The zero-order valence-electron chi connectivity index (χ0n) is 15.0. The van der Waals surface area contributed by atoms with E-state index in [4.69, 9.17) is 4.74 Å². The molecular weight excluding hydrogens is 438 g/mol. The number of alkyl halides is 4. The first-order valence-electron chi connectivity index (χ1n) is 8.84. The molecule has 162 valence electrons. The molecule has 1 N–H and O–H groups in total. The Bertz CT molecular complexity index is 1130. The van der Waals surface area contributed by atoms with Crippen molar-refractivity contribution in [2.45, 2.75) is 41.4 Å². The van der Waals surface area contributed by atoms with Gasteiger partial charge in [0.15, 0.2) is 0 Å². The van der Waals surface area contributed by atoms with Gasteiger partial charge in [-0.05, 0) is 23.6 Å². The third-order valence-electron chi connectivity index (χ3n) is 5.43. The second-order valence-corrected chi connectivity index (χ2v) is 9.06. The van der Waals surface area contributed by atoms with Crippen molar-refractivity contribution < 1.29 is 44.6 Å². The molecule has 1 aliphatic heterocycles. The number of rotatable bonds is 2. The molecule has 0 fully saturated rings. The van der Waals surface area contributed by atoms with Crippen LogP contribution in [0.1, 0.15) is 40.7 Å². The molecule has 30 heavy (non-hydrogen) atoms. The molecule has 0 saturated heterocycles. The fraction of sp³-hybridized carbons (Fsp3) is 0.368. The summed E-state index contributed by atoms with van der Waals surface area (Å²) in [6.07, 6.45) is -4.51. The molecule has 2 aromatic rings. The maximum absolute atomic E-state index is 14.5. The van der Waals surface area contributed by atoms with Crippen LogP contribution >= 0.6 is 0 Å². The van der Waals surface area contributed by atoms with Crippen LogP contribution in [0.2, 0.25) is 0 Å². The van der Waals surface area contributed by atoms with Crippen LogP contribution in [0.3, 0.4) is 0 Å². The van der Waals surface area contributed by atoms with Crippen LogP contribution < -0.4 is 4.74 Å². The van der Waals surface area contributed by atoms with E-state index in [0.29, 0.717) is 12.1 Å². The molecule has 0 saturated carbocycles. The predicted molar refractivity (Wildman–Crippen MR) is 91.6 cm³/mol. The minimum Gasteiger partial charge on any atom is -0.493 e. The minimum atomic E-state index is -5.85. The van der Waals surface area contributed by atoms with Gasteiger partial charge in [-0.15, -0.1) is 0 Å². The Balaban J connectivity index is 1.94. The summed E-state index contributed by atoms with van der Waals surface area (Å²) in [6, 6.07) is 3.29. The zero-order chi connectivity index (χ0) is 22.0. The highest BCUT2D eigenvalue weighted by Crippen LogP contribution is 2.48. The summed E-state index contributed by atoms with van der Waals surface area (Å²) >= 11 is 0. The Morgan fingerprint density at radius 1 is 1.10 bits per heavy atom. The first-order valence-corrected chi connectivity index (χ1v) is 10.3. The number of hydrogen-bond acceptors (Lipinski definition) is 4. The van der Waals surface area contributed by atoms with Crippen LogP contribution in [0.25, 0.3) is 0 Å². The summed E-state index contributed by atoms with van der Waals surface area (Å²) in [4.78, 5) is -1.23. The van der Waals surface area contributed by atoms with Crippen molar-refractivity contribution in [1.82, 2.24) is 0 Å². The number of benzene rings is 2. The molecule has 3 unspecified atom stereocenters.